The predicted molar refractivity (Wildman–Crippen MR) is 53.4 cm³/mol. The van der Waals surface area contributed by atoms with Gasteiger partial charge < -0.3 is 20.7 Å². The van der Waals surface area contributed by atoms with E-state index in [4.69, 9.17) is 15.6 Å². The van der Waals surface area contributed by atoms with Crippen molar-refractivity contribution in [2.24, 2.45) is 5.73 Å². The summed E-state index contributed by atoms with van der Waals surface area (Å²) in [6.45, 7) is 1.66. The van der Waals surface area contributed by atoms with Gasteiger partial charge in [-0.05, 0) is 18.6 Å². The van der Waals surface area contributed by atoms with Crippen LogP contribution in [0.1, 0.15) is 17.2 Å². The van der Waals surface area contributed by atoms with Gasteiger partial charge in [-0.25, -0.2) is 0 Å². The van der Waals surface area contributed by atoms with E-state index in [0.717, 1.165) is 5.56 Å². The molecule has 1 aromatic rings. The Kier molecular flexibility index (Phi) is 3.33. The zero-order valence-corrected chi connectivity index (χ0v) is 8.32. The number of aliphatic hydroxyl groups excluding tert-OH is 1. The Morgan fingerprint density at radius 1 is 1.50 bits per heavy atom. The van der Waals surface area contributed by atoms with Crippen molar-refractivity contribution in [3.63, 3.8) is 0 Å². The van der Waals surface area contributed by atoms with Crippen LogP contribution < -0.4 is 10.5 Å². The van der Waals surface area contributed by atoms with E-state index in [1.165, 1.54) is 7.11 Å². The van der Waals surface area contributed by atoms with Gasteiger partial charge in [-0.3, -0.25) is 0 Å². The van der Waals surface area contributed by atoms with Crippen LogP contribution in [0.2, 0.25) is 0 Å². The van der Waals surface area contributed by atoms with Crippen LogP contribution in [0.5, 0.6) is 11.5 Å². The monoisotopic (exact) mass is 197 g/mol. The summed E-state index contributed by atoms with van der Waals surface area (Å²) in [4.78, 5) is 0. The maximum Gasteiger partial charge on any atom is 0.162 e. The normalized spacial score (nSPS) is 12.6. The molecule has 0 aliphatic rings. The van der Waals surface area contributed by atoms with Gasteiger partial charge >= 0.3 is 0 Å². The number of hydrogen-bond acceptors (Lipinski definition) is 4. The van der Waals surface area contributed by atoms with Gasteiger partial charge in [0.1, 0.15) is 0 Å². The quantitative estimate of drug-likeness (QED) is 0.666. The minimum Gasteiger partial charge on any atom is -0.504 e. The first-order valence-electron chi connectivity index (χ1n) is 4.34. The number of benzene rings is 1. The Bertz CT molecular complexity index is 325. The van der Waals surface area contributed by atoms with E-state index in [9.17, 15) is 5.11 Å². The van der Waals surface area contributed by atoms with Gasteiger partial charge in [0.25, 0.3) is 0 Å². The van der Waals surface area contributed by atoms with E-state index in [-0.39, 0.29) is 12.4 Å². The van der Waals surface area contributed by atoms with Crippen molar-refractivity contribution < 1.29 is 14.9 Å². The van der Waals surface area contributed by atoms with Crippen molar-refractivity contribution in [1.82, 2.24) is 0 Å². The van der Waals surface area contributed by atoms with Gasteiger partial charge in [-0.2, -0.15) is 0 Å². The molecule has 0 saturated heterocycles. The van der Waals surface area contributed by atoms with Crippen LogP contribution in [-0.4, -0.2) is 23.9 Å². The first kappa shape index (κ1) is 10.8. The molecule has 0 aliphatic carbocycles. The molecule has 0 aromatic heterocycles. The number of aliphatic hydroxyl groups is 1. The van der Waals surface area contributed by atoms with Crippen LogP contribution in [-0.2, 0) is 0 Å². The predicted octanol–water partition coefficient (Wildman–Crippen LogP) is 0.701. The Morgan fingerprint density at radius 2 is 2.14 bits per heavy atom. The third-order valence-corrected chi connectivity index (χ3v) is 2.06. The first-order valence-corrected chi connectivity index (χ1v) is 4.34. The smallest absolute Gasteiger partial charge is 0.162 e. The Hall–Kier alpha value is -1.26. The lowest BCUT2D eigenvalue weighted by atomic mass is 10.0. The second kappa shape index (κ2) is 4.30. The molecule has 0 aliphatic heterocycles. The number of phenolic OH excluding ortho intramolecular Hbond substituents is 1. The fourth-order valence-electron chi connectivity index (χ4n) is 1.31. The van der Waals surface area contributed by atoms with E-state index in [1.807, 2.05) is 6.92 Å². The lowest BCUT2D eigenvalue weighted by Crippen LogP contribution is -2.15. The summed E-state index contributed by atoms with van der Waals surface area (Å²) in [5.74, 6) is 0.378. The first-order chi connectivity index (χ1) is 6.60. The highest BCUT2D eigenvalue weighted by Crippen LogP contribution is 2.33. The number of nitrogens with two attached hydrogens (primary N) is 1. The maximum atomic E-state index is 9.70. The number of hydrogen-bond donors (Lipinski definition) is 3. The molecule has 0 saturated carbocycles. The van der Waals surface area contributed by atoms with Crippen molar-refractivity contribution in [1.29, 1.82) is 0 Å². The lowest BCUT2D eigenvalue weighted by molar-refractivity contribution is 0.264. The Balaban J connectivity index is 3.21. The SMILES string of the molecule is COc1cc(C)cc(C(N)CO)c1O. The van der Waals surface area contributed by atoms with Crippen molar-refractivity contribution in [2.45, 2.75) is 13.0 Å². The summed E-state index contributed by atoms with van der Waals surface area (Å²) in [7, 11) is 1.47. The lowest BCUT2D eigenvalue weighted by Gasteiger charge is -2.14. The molecule has 1 unspecified atom stereocenters. The molecule has 0 heterocycles. The van der Waals surface area contributed by atoms with Crippen molar-refractivity contribution in [2.75, 3.05) is 13.7 Å². The zero-order chi connectivity index (χ0) is 10.7. The van der Waals surface area contributed by atoms with Gasteiger partial charge in [0.05, 0.1) is 19.8 Å². The Morgan fingerprint density at radius 3 is 2.64 bits per heavy atom. The molecule has 1 aromatic carbocycles. The molecule has 0 spiro atoms. The number of rotatable bonds is 3. The third kappa shape index (κ3) is 1.97. The fourth-order valence-corrected chi connectivity index (χ4v) is 1.31. The number of phenols is 1. The summed E-state index contributed by atoms with van der Waals surface area (Å²) < 4.78 is 4.97. The minimum absolute atomic E-state index is 0.000324. The molecule has 1 atom stereocenters. The Labute approximate surface area is 82.9 Å². The van der Waals surface area contributed by atoms with Crippen LogP contribution >= 0.6 is 0 Å². The average molecular weight is 197 g/mol. The van der Waals surface area contributed by atoms with Crippen molar-refractivity contribution in [3.8, 4) is 11.5 Å². The molecule has 1 rings (SSSR count). The highest BCUT2D eigenvalue weighted by molar-refractivity contribution is 5.49. The number of aromatic hydroxyl groups is 1. The molecule has 0 bridgehead atoms. The molecule has 4 nitrogen and oxygen atoms in total. The fraction of sp³-hybridized carbons (Fsp3) is 0.400. The molecular weight excluding hydrogens is 182 g/mol. The summed E-state index contributed by atoms with van der Waals surface area (Å²) in [5, 5.41) is 18.6. The molecule has 4 N–H and O–H groups in total. The van der Waals surface area contributed by atoms with E-state index >= 15 is 0 Å². The molecular formula is C10H15NO3. The molecule has 0 amide bonds. The van der Waals surface area contributed by atoms with Crippen LogP contribution in [0.25, 0.3) is 0 Å². The summed E-state index contributed by atoms with van der Waals surface area (Å²) in [6, 6.07) is 2.87. The van der Waals surface area contributed by atoms with Crippen molar-refractivity contribution in [3.05, 3.63) is 23.3 Å². The van der Waals surface area contributed by atoms with E-state index in [2.05, 4.69) is 0 Å². The van der Waals surface area contributed by atoms with Crippen LogP contribution in [0.15, 0.2) is 12.1 Å². The highest BCUT2D eigenvalue weighted by Gasteiger charge is 2.14. The van der Waals surface area contributed by atoms with Crippen LogP contribution in [0.3, 0.4) is 0 Å². The topological polar surface area (TPSA) is 75.7 Å². The molecule has 0 fully saturated rings. The zero-order valence-electron chi connectivity index (χ0n) is 8.32. The van der Waals surface area contributed by atoms with E-state index in [1.54, 1.807) is 12.1 Å². The van der Waals surface area contributed by atoms with Crippen molar-refractivity contribution >= 4 is 0 Å². The average Bonchev–Trinajstić information content (AvgIpc) is 2.19. The second-order valence-corrected chi connectivity index (χ2v) is 3.19. The summed E-state index contributed by atoms with van der Waals surface area (Å²) in [6.07, 6.45) is 0. The second-order valence-electron chi connectivity index (χ2n) is 3.19. The molecule has 78 valence electrons. The highest BCUT2D eigenvalue weighted by atomic mass is 16.5. The molecule has 14 heavy (non-hydrogen) atoms. The van der Waals surface area contributed by atoms with Crippen LogP contribution in [0.4, 0.5) is 0 Å². The third-order valence-electron chi connectivity index (χ3n) is 2.06. The number of ether oxygens (including phenoxy) is 1. The molecule has 4 heteroatoms. The maximum absolute atomic E-state index is 9.70. The van der Waals surface area contributed by atoms with Gasteiger partial charge in [0, 0.05) is 5.56 Å². The van der Waals surface area contributed by atoms with Gasteiger partial charge in [-0.1, -0.05) is 6.07 Å². The standard InChI is InChI=1S/C10H15NO3/c1-6-3-7(8(11)5-12)10(13)9(4-6)14-2/h3-4,8,12-13H,5,11H2,1-2H3. The number of methoxy groups -OCH3 is 1. The minimum atomic E-state index is -0.580. The molecule has 0 radical (unpaired) electrons. The van der Waals surface area contributed by atoms with E-state index in [0.29, 0.717) is 11.3 Å². The van der Waals surface area contributed by atoms with Gasteiger partial charge in [-0.15, -0.1) is 0 Å². The van der Waals surface area contributed by atoms with E-state index < -0.39 is 6.04 Å². The number of aryl methyl sites for hydroxylation is 1. The van der Waals surface area contributed by atoms with Gasteiger partial charge in [0.2, 0.25) is 0 Å². The largest absolute Gasteiger partial charge is 0.504 e. The van der Waals surface area contributed by atoms with Crippen LogP contribution in [0, 0.1) is 6.92 Å². The van der Waals surface area contributed by atoms with Gasteiger partial charge in [0.15, 0.2) is 11.5 Å². The summed E-state index contributed by atoms with van der Waals surface area (Å²) in [5.41, 5.74) is 7.06. The summed E-state index contributed by atoms with van der Waals surface area (Å²) >= 11 is 0.